The molecule has 2 heterocycles. The largest absolute Gasteiger partial charge is 0.496 e. The van der Waals surface area contributed by atoms with Gasteiger partial charge in [0.1, 0.15) is 11.4 Å². The molecular weight excluding hydrogens is 342 g/mol. The van der Waals surface area contributed by atoms with E-state index in [1.807, 2.05) is 30.9 Å². The number of carbonyl (C=O) groups excluding carboxylic acids is 2. The third-order valence-electron chi connectivity index (χ3n) is 5.04. The molecule has 6 nitrogen and oxygen atoms in total. The van der Waals surface area contributed by atoms with Crippen LogP contribution in [0.4, 0.5) is 0 Å². The van der Waals surface area contributed by atoms with Gasteiger partial charge in [0, 0.05) is 37.9 Å². The van der Waals surface area contributed by atoms with E-state index >= 15 is 0 Å². The molecule has 1 aliphatic rings. The van der Waals surface area contributed by atoms with Crippen molar-refractivity contribution in [1.82, 2.24) is 14.8 Å². The summed E-state index contributed by atoms with van der Waals surface area (Å²) < 4.78 is 5.44. The Bertz CT molecular complexity index is 828. The summed E-state index contributed by atoms with van der Waals surface area (Å²) in [6.45, 7) is 6.16. The zero-order valence-corrected chi connectivity index (χ0v) is 16.1. The van der Waals surface area contributed by atoms with E-state index in [4.69, 9.17) is 4.74 Å². The molecule has 0 radical (unpaired) electrons. The van der Waals surface area contributed by atoms with E-state index < -0.39 is 0 Å². The minimum atomic E-state index is -0.0847. The van der Waals surface area contributed by atoms with E-state index in [0.717, 1.165) is 22.4 Å². The van der Waals surface area contributed by atoms with Crippen molar-refractivity contribution in [3.8, 4) is 5.75 Å². The maximum atomic E-state index is 12.7. The third-order valence-corrected chi connectivity index (χ3v) is 5.04. The van der Waals surface area contributed by atoms with E-state index in [2.05, 4.69) is 4.98 Å². The molecule has 2 aromatic rings. The number of pyridine rings is 1. The molecule has 0 N–H and O–H groups in total. The average molecular weight is 367 g/mol. The molecule has 1 aromatic carbocycles. The second-order valence-electron chi connectivity index (χ2n) is 6.81. The lowest BCUT2D eigenvalue weighted by atomic mass is 10.0. The molecule has 0 spiro atoms. The molecule has 1 saturated heterocycles. The summed E-state index contributed by atoms with van der Waals surface area (Å²) in [6.07, 6.45) is 1.92. The lowest BCUT2D eigenvalue weighted by Crippen LogP contribution is -2.51. The number of carbonyl (C=O) groups is 2. The number of piperazine rings is 1. The molecule has 142 valence electrons. The third kappa shape index (κ3) is 4.27. The highest BCUT2D eigenvalue weighted by Gasteiger charge is 2.26. The van der Waals surface area contributed by atoms with Crippen LogP contribution in [0.25, 0.3) is 0 Å². The van der Waals surface area contributed by atoms with E-state index in [1.54, 1.807) is 36.4 Å². The second kappa shape index (κ2) is 8.20. The molecule has 1 fully saturated rings. The molecule has 3 rings (SSSR count). The van der Waals surface area contributed by atoms with E-state index in [1.165, 1.54) is 0 Å². The first-order valence-electron chi connectivity index (χ1n) is 9.12. The Hall–Kier alpha value is -2.89. The predicted octanol–water partition coefficient (Wildman–Crippen LogP) is 2.23. The number of amides is 2. The molecule has 0 atom stereocenters. The summed E-state index contributed by atoms with van der Waals surface area (Å²) >= 11 is 0. The van der Waals surface area contributed by atoms with Crippen molar-refractivity contribution in [3.63, 3.8) is 0 Å². The summed E-state index contributed by atoms with van der Waals surface area (Å²) in [5.41, 5.74) is 3.63. The standard InChI is InChI=1S/C21H25N3O3/c1-15-12-17(19(27-3)13-16(15)2)14-20(25)23-8-10-24(11-9-23)21(26)18-6-4-5-7-22-18/h4-7,12-13H,8-11,14H2,1-3H3. The molecule has 0 bridgehead atoms. The van der Waals surface area contributed by atoms with Gasteiger partial charge in [0.25, 0.3) is 5.91 Å². The fraction of sp³-hybridized carbons (Fsp3) is 0.381. The number of aromatic nitrogens is 1. The molecular formula is C21H25N3O3. The molecule has 1 aliphatic heterocycles. The van der Waals surface area contributed by atoms with Crippen molar-refractivity contribution in [2.24, 2.45) is 0 Å². The van der Waals surface area contributed by atoms with Crippen LogP contribution in [0.3, 0.4) is 0 Å². The highest BCUT2D eigenvalue weighted by Crippen LogP contribution is 2.24. The van der Waals surface area contributed by atoms with Crippen molar-refractivity contribution < 1.29 is 14.3 Å². The Morgan fingerprint density at radius 3 is 2.33 bits per heavy atom. The first-order chi connectivity index (χ1) is 13.0. The van der Waals surface area contributed by atoms with Crippen LogP contribution < -0.4 is 4.74 Å². The van der Waals surface area contributed by atoms with Crippen LogP contribution in [0.2, 0.25) is 0 Å². The van der Waals surface area contributed by atoms with Gasteiger partial charge < -0.3 is 14.5 Å². The highest BCUT2D eigenvalue weighted by atomic mass is 16.5. The molecule has 0 aliphatic carbocycles. The summed E-state index contributed by atoms with van der Waals surface area (Å²) in [5, 5.41) is 0. The van der Waals surface area contributed by atoms with Gasteiger partial charge in [0.2, 0.25) is 5.91 Å². The Morgan fingerprint density at radius 2 is 1.70 bits per heavy atom. The van der Waals surface area contributed by atoms with Gasteiger partial charge in [-0.25, -0.2) is 0 Å². The van der Waals surface area contributed by atoms with Crippen LogP contribution in [0, 0.1) is 13.8 Å². The van der Waals surface area contributed by atoms with Crippen molar-refractivity contribution in [2.75, 3.05) is 33.3 Å². The molecule has 6 heteroatoms. The van der Waals surface area contributed by atoms with Gasteiger partial charge in [-0.3, -0.25) is 14.6 Å². The molecule has 0 saturated carbocycles. The Morgan fingerprint density at radius 1 is 1.04 bits per heavy atom. The SMILES string of the molecule is COc1cc(C)c(C)cc1CC(=O)N1CCN(C(=O)c2ccccn2)CC1. The van der Waals surface area contributed by atoms with Gasteiger partial charge in [-0.05, 0) is 43.2 Å². The number of aryl methyl sites for hydroxylation is 2. The number of rotatable bonds is 4. The predicted molar refractivity (Wildman–Crippen MR) is 103 cm³/mol. The maximum absolute atomic E-state index is 12.7. The monoisotopic (exact) mass is 367 g/mol. The average Bonchev–Trinajstić information content (AvgIpc) is 2.70. The van der Waals surface area contributed by atoms with Crippen LogP contribution in [0.15, 0.2) is 36.5 Å². The molecule has 0 unspecified atom stereocenters. The van der Waals surface area contributed by atoms with E-state index in [-0.39, 0.29) is 11.8 Å². The summed E-state index contributed by atoms with van der Waals surface area (Å²) in [4.78, 5) is 32.9. The van der Waals surface area contributed by atoms with Crippen LogP contribution in [0.5, 0.6) is 5.75 Å². The van der Waals surface area contributed by atoms with E-state index in [9.17, 15) is 9.59 Å². The van der Waals surface area contributed by atoms with Crippen LogP contribution >= 0.6 is 0 Å². The highest BCUT2D eigenvalue weighted by molar-refractivity contribution is 5.92. The van der Waals surface area contributed by atoms with Gasteiger partial charge in [0.05, 0.1) is 13.5 Å². The molecule has 1 aromatic heterocycles. The van der Waals surface area contributed by atoms with Crippen molar-refractivity contribution >= 4 is 11.8 Å². The van der Waals surface area contributed by atoms with Gasteiger partial charge in [0.15, 0.2) is 0 Å². The lowest BCUT2D eigenvalue weighted by Gasteiger charge is -2.34. The van der Waals surface area contributed by atoms with Crippen molar-refractivity contribution in [3.05, 3.63) is 58.9 Å². The first kappa shape index (κ1) is 18.9. The lowest BCUT2D eigenvalue weighted by molar-refractivity contribution is -0.131. The molecule has 27 heavy (non-hydrogen) atoms. The summed E-state index contributed by atoms with van der Waals surface area (Å²) in [6, 6.07) is 9.30. The first-order valence-corrected chi connectivity index (χ1v) is 9.12. The quantitative estimate of drug-likeness (QED) is 0.831. The number of ether oxygens (including phenoxy) is 1. The summed E-state index contributed by atoms with van der Waals surface area (Å²) in [7, 11) is 1.63. The van der Waals surface area contributed by atoms with E-state index in [0.29, 0.717) is 38.3 Å². The Kier molecular flexibility index (Phi) is 5.74. The molecule has 2 amide bonds. The van der Waals surface area contributed by atoms with Crippen molar-refractivity contribution in [1.29, 1.82) is 0 Å². The second-order valence-corrected chi connectivity index (χ2v) is 6.81. The normalized spacial score (nSPS) is 14.2. The smallest absolute Gasteiger partial charge is 0.272 e. The summed E-state index contributed by atoms with van der Waals surface area (Å²) in [5.74, 6) is 0.718. The topological polar surface area (TPSA) is 62.7 Å². The number of hydrogen-bond donors (Lipinski definition) is 0. The fourth-order valence-electron chi connectivity index (χ4n) is 3.26. The van der Waals surface area contributed by atoms with Gasteiger partial charge in [-0.1, -0.05) is 12.1 Å². The van der Waals surface area contributed by atoms with Crippen molar-refractivity contribution in [2.45, 2.75) is 20.3 Å². The minimum absolute atomic E-state index is 0.0569. The number of benzene rings is 1. The van der Waals surface area contributed by atoms with Gasteiger partial charge >= 0.3 is 0 Å². The maximum Gasteiger partial charge on any atom is 0.272 e. The zero-order chi connectivity index (χ0) is 19.4. The Labute approximate surface area is 159 Å². The Balaban J connectivity index is 1.61. The number of nitrogens with zero attached hydrogens (tertiary/aromatic N) is 3. The van der Waals surface area contributed by atoms with Crippen LogP contribution in [-0.4, -0.2) is 59.9 Å². The zero-order valence-electron chi connectivity index (χ0n) is 16.1. The fourth-order valence-corrected chi connectivity index (χ4v) is 3.26. The van der Waals surface area contributed by atoms with Crippen LogP contribution in [0.1, 0.15) is 27.2 Å². The minimum Gasteiger partial charge on any atom is -0.496 e. The number of methoxy groups -OCH3 is 1. The van der Waals surface area contributed by atoms with Gasteiger partial charge in [-0.15, -0.1) is 0 Å². The number of hydrogen-bond acceptors (Lipinski definition) is 4. The van der Waals surface area contributed by atoms with Crippen LogP contribution in [-0.2, 0) is 11.2 Å². The van der Waals surface area contributed by atoms with Gasteiger partial charge in [-0.2, -0.15) is 0 Å².